The molecule has 1 heterocycles. The molecule has 1 aromatic rings. The Morgan fingerprint density at radius 3 is 2.96 bits per heavy atom. The molecule has 0 saturated heterocycles. The van der Waals surface area contributed by atoms with Crippen molar-refractivity contribution in [1.82, 2.24) is 4.90 Å². The minimum Gasteiger partial charge on any atom is -0.361 e. The molecule has 1 aliphatic heterocycles. The number of nitrogens with zero attached hydrogens (tertiary/aromatic N) is 2. The van der Waals surface area contributed by atoms with Gasteiger partial charge >= 0.3 is 0 Å². The average Bonchev–Trinajstić information content (AvgIpc) is 2.92. The Morgan fingerprint density at radius 1 is 1.50 bits per heavy atom. The molecule has 0 bridgehead atoms. The maximum absolute atomic E-state index is 13.3. The fourth-order valence-electron chi connectivity index (χ4n) is 2.93. The second kappa shape index (κ2) is 8.05. The third-order valence-corrected chi connectivity index (χ3v) is 4.14. The molecule has 126 valence electrons. The van der Waals surface area contributed by atoms with Gasteiger partial charge in [-0.15, -0.1) is 0 Å². The first-order valence-electron chi connectivity index (χ1n) is 8.00. The van der Waals surface area contributed by atoms with Gasteiger partial charge in [-0.1, -0.05) is 18.7 Å². The fourth-order valence-corrected chi connectivity index (χ4v) is 2.93. The van der Waals surface area contributed by atoms with E-state index in [-0.39, 0.29) is 5.83 Å². The Kier molecular flexibility index (Phi) is 6.08. The van der Waals surface area contributed by atoms with Gasteiger partial charge in [-0.05, 0) is 75.0 Å². The topological polar surface area (TPSA) is 36.3 Å². The fraction of sp³-hybridized carbons (Fsp3) is 0.350. The SMILES string of the molecule is C=CC(F)=CC=CC1(CCCN(C)C)OCc2cc(C#N)ccc21. The van der Waals surface area contributed by atoms with Gasteiger partial charge in [0.05, 0.1) is 18.2 Å². The molecule has 0 aliphatic carbocycles. The van der Waals surface area contributed by atoms with Crippen LogP contribution in [0.15, 0.2) is 54.9 Å². The van der Waals surface area contributed by atoms with E-state index in [0.29, 0.717) is 12.2 Å². The maximum Gasteiger partial charge on any atom is 0.122 e. The molecule has 1 unspecified atom stereocenters. The molecule has 0 amide bonds. The Morgan fingerprint density at radius 2 is 2.29 bits per heavy atom. The van der Waals surface area contributed by atoms with Crippen molar-refractivity contribution in [1.29, 1.82) is 5.26 Å². The van der Waals surface area contributed by atoms with E-state index >= 15 is 0 Å². The zero-order valence-electron chi connectivity index (χ0n) is 14.3. The second-order valence-corrected chi connectivity index (χ2v) is 6.18. The Hall–Kier alpha value is -2.22. The van der Waals surface area contributed by atoms with E-state index in [0.717, 1.165) is 30.5 Å². The third-order valence-electron chi connectivity index (χ3n) is 4.14. The van der Waals surface area contributed by atoms with Crippen molar-refractivity contribution >= 4 is 0 Å². The molecule has 4 heteroatoms. The monoisotopic (exact) mass is 326 g/mol. The summed E-state index contributed by atoms with van der Waals surface area (Å²) >= 11 is 0. The van der Waals surface area contributed by atoms with E-state index in [1.807, 2.05) is 38.4 Å². The van der Waals surface area contributed by atoms with Crippen LogP contribution in [0.25, 0.3) is 0 Å². The number of hydrogen-bond donors (Lipinski definition) is 0. The van der Waals surface area contributed by atoms with E-state index in [2.05, 4.69) is 17.5 Å². The molecule has 1 aliphatic rings. The highest BCUT2D eigenvalue weighted by atomic mass is 19.1. The molecule has 0 fully saturated rings. The summed E-state index contributed by atoms with van der Waals surface area (Å²) in [5.41, 5.74) is 2.14. The molecule has 0 radical (unpaired) electrons. The number of hydrogen-bond acceptors (Lipinski definition) is 3. The molecular weight excluding hydrogens is 303 g/mol. The minimum atomic E-state index is -0.572. The maximum atomic E-state index is 13.3. The summed E-state index contributed by atoms with van der Waals surface area (Å²) in [5.74, 6) is -0.382. The van der Waals surface area contributed by atoms with E-state index in [9.17, 15) is 4.39 Å². The number of rotatable bonds is 7. The van der Waals surface area contributed by atoms with Crippen LogP contribution >= 0.6 is 0 Å². The zero-order valence-corrected chi connectivity index (χ0v) is 14.3. The molecule has 3 nitrogen and oxygen atoms in total. The van der Waals surface area contributed by atoms with Crippen LogP contribution in [-0.4, -0.2) is 25.5 Å². The highest BCUT2D eigenvalue weighted by molar-refractivity contribution is 5.45. The van der Waals surface area contributed by atoms with Crippen LogP contribution in [-0.2, 0) is 16.9 Å². The van der Waals surface area contributed by atoms with Gasteiger partial charge in [-0.25, -0.2) is 4.39 Å². The van der Waals surface area contributed by atoms with Gasteiger partial charge in [0, 0.05) is 0 Å². The molecule has 0 spiro atoms. The number of ether oxygens (including phenoxy) is 1. The Labute approximate surface area is 143 Å². The van der Waals surface area contributed by atoms with Crippen molar-refractivity contribution in [3.8, 4) is 6.07 Å². The number of nitriles is 1. The van der Waals surface area contributed by atoms with Crippen LogP contribution < -0.4 is 0 Å². The number of halogens is 1. The largest absolute Gasteiger partial charge is 0.361 e. The first-order valence-corrected chi connectivity index (χ1v) is 8.00. The minimum absolute atomic E-state index is 0.382. The lowest BCUT2D eigenvalue weighted by Gasteiger charge is -2.27. The van der Waals surface area contributed by atoms with Crippen LogP contribution in [0.3, 0.4) is 0 Å². The second-order valence-electron chi connectivity index (χ2n) is 6.18. The van der Waals surface area contributed by atoms with Crippen LogP contribution in [0.4, 0.5) is 4.39 Å². The molecule has 2 rings (SSSR count). The van der Waals surface area contributed by atoms with Crippen molar-refractivity contribution < 1.29 is 9.13 Å². The van der Waals surface area contributed by atoms with Crippen molar-refractivity contribution in [2.45, 2.75) is 25.0 Å². The van der Waals surface area contributed by atoms with Gasteiger partial charge in [0.2, 0.25) is 0 Å². The lowest BCUT2D eigenvalue weighted by molar-refractivity contribution is -0.00776. The van der Waals surface area contributed by atoms with Gasteiger partial charge in [-0.2, -0.15) is 5.26 Å². The quantitative estimate of drug-likeness (QED) is 0.704. The van der Waals surface area contributed by atoms with E-state index in [4.69, 9.17) is 10.00 Å². The summed E-state index contributed by atoms with van der Waals surface area (Å²) in [5, 5.41) is 9.06. The molecule has 0 N–H and O–H groups in total. The summed E-state index contributed by atoms with van der Waals surface area (Å²) in [4.78, 5) is 2.13. The number of allylic oxidation sites excluding steroid dienone is 4. The van der Waals surface area contributed by atoms with E-state index in [1.54, 1.807) is 6.08 Å². The summed E-state index contributed by atoms with van der Waals surface area (Å²) in [6.45, 7) is 4.82. The molecule has 1 atom stereocenters. The van der Waals surface area contributed by atoms with Crippen molar-refractivity contribution in [2.24, 2.45) is 0 Å². The Bertz CT molecular complexity index is 700. The summed E-state index contributed by atoms with van der Waals surface area (Å²) in [6, 6.07) is 7.79. The van der Waals surface area contributed by atoms with E-state index < -0.39 is 5.60 Å². The predicted molar refractivity (Wildman–Crippen MR) is 93.9 cm³/mol. The number of fused-ring (bicyclic) bond motifs is 1. The smallest absolute Gasteiger partial charge is 0.122 e. The first kappa shape index (κ1) is 18.1. The normalized spacial score (nSPS) is 20.4. The predicted octanol–water partition coefficient (Wildman–Crippen LogP) is 4.22. The van der Waals surface area contributed by atoms with Gasteiger partial charge < -0.3 is 9.64 Å². The lowest BCUT2D eigenvalue weighted by Crippen LogP contribution is -2.25. The summed E-state index contributed by atoms with van der Waals surface area (Å²) in [7, 11) is 4.07. The van der Waals surface area contributed by atoms with Gasteiger partial charge in [0.1, 0.15) is 11.4 Å². The van der Waals surface area contributed by atoms with Crippen molar-refractivity contribution in [2.75, 3.05) is 20.6 Å². The van der Waals surface area contributed by atoms with Crippen LogP contribution in [0.2, 0.25) is 0 Å². The molecule has 0 saturated carbocycles. The van der Waals surface area contributed by atoms with Crippen molar-refractivity contribution in [3.63, 3.8) is 0 Å². The van der Waals surface area contributed by atoms with Gasteiger partial charge in [0.25, 0.3) is 0 Å². The molecule has 1 aromatic carbocycles. The van der Waals surface area contributed by atoms with Crippen molar-refractivity contribution in [3.05, 3.63) is 71.6 Å². The highest BCUT2D eigenvalue weighted by Crippen LogP contribution is 2.41. The number of benzene rings is 1. The summed E-state index contributed by atoms with van der Waals surface area (Å²) < 4.78 is 19.4. The average molecular weight is 326 g/mol. The zero-order chi connectivity index (χ0) is 17.6. The van der Waals surface area contributed by atoms with Crippen LogP contribution in [0.1, 0.15) is 29.5 Å². The van der Waals surface area contributed by atoms with E-state index in [1.165, 1.54) is 12.2 Å². The standard InChI is InChI=1S/C20H23FN2O/c1-4-18(21)7-5-10-20(11-6-12-23(2)3)19-9-8-16(14-22)13-17(19)15-24-20/h4-5,7-10,13H,1,6,11-12,15H2,2-3H3. The third kappa shape index (κ3) is 4.19. The summed E-state index contributed by atoms with van der Waals surface area (Å²) in [6.07, 6.45) is 7.88. The Balaban J connectivity index is 2.32. The van der Waals surface area contributed by atoms with Gasteiger partial charge in [0.15, 0.2) is 0 Å². The molecular formula is C20H23FN2O. The first-order chi connectivity index (χ1) is 11.5. The van der Waals surface area contributed by atoms with Crippen LogP contribution in [0.5, 0.6) is 0 Å². The highest BCUT2D eigenvalue weighted by Gasteiger charge is 2.37. The van der Waals surface area contributed by atoms with Gasteiger partial charge in [-0.3, -0.25) is 0 Å². The lowest BCUT2D eigenvalue weighted by atomic mass is 9.87. The molecule has 0 aromatic heterocycles. The molecule has 24 heavy (non-hydrogen) atoms. The van der Waals surface area contributed by atoms with Crippen LogP contribution in [0, 0.1) is 11.3 Å².